The topological polar surface area (TPSA) is 37.4 Å². The van der Waals surface area contributed by atoms with Crippen molar-refractivity contribution in [3.63, 3.8) is 0 Å². The maximum Gasteiger partial charge on any atom is 0.185 e. The van der Waals surface area contributed by atoms with Gasteiger partial charge in [-0.05, 0) is 32.6 Å². The zero-order valence-electron chi connectivity index (χ0n) is 11.8. The number of thiazole rings is 1. The van der Waals surface area contributed by atoms with Gasteiger partial charge in [0.1, 0.15) is 0 Å². The Morgan fingerprint density at radius 2 is 2.26 bits per heavy atom. The molecule has 5 heteroatoms. The van der Waals surface area contributed by atoms with E-state index in [1.807, 2.05) is 18.4 Å². The molecule has 1 aromatic heterocycles. The monoisotopic (exact) mass is 281 g/mol. The number of aryl methyl sites for hydroxylation is 1. The first-order chi connectivity index (χ1) is 9.26. The van der Waals surface area contributed by atoms with Gasteiger partial charge < -0.3 is 15.0 Å². The highest BCUT2D eigenvalue weighted by atomic mass is 32.1. The van der Waals surface area contributed by atoms with E-state index in [9.17, 15) is 0 Å². The van der Waals surface area contributed by atoms with Crippen molar-refractivity contribution in [2.75, 3.05) is 25.1 Å². The van der Waals surface area contributed by atoms with E-state index in [4.69, 9.17) is 9.72 Å². The van der Waals surface area contributed by atoms with Crippen LogP contribution in [0.2, 0.25) is 0 Å². The molecule has 0 amide bonds. The van der Waals surface area contributed by atoms with Crippen LogP contribution in [0.5, 0.6) is 0 Å². The van der Waals surface area contributed by atoms with Crippen LogP contribution >= 0.6 is 11.3 Å². The molecule has 1 aliphatic carbocycles. The van der Waals surface area contributed by atoms with Gasteiger partial charge >= 0.3 is 0 Å². The van der Waals surface area contributed by atoms with Crippen LogP contribution in [0.4, 0.5) is 5.13 Å². The summed E-state index contributed by atoms with van der Waals surface area (Å²) in [4.78, 5) is 8.53. The number of methoxy groups -OCH3 is 1. The lowest BCUT2D eigenvalue weighted by Gasteiger charge is -2.31. The molecule has 0 bridgehead atoms. The zero-order chi connectivity index (χ0) is 13.2. The number of anilines is 1. The van der Waals surface area contributed by atoms with Gasteiger partial charge in [0.15, 0.2) is 5.13 Å². The summed E-state index contributed by atoms with van der Waals surface area (Å²) >= 11 is 1.85. The molecule has 1 atom stereocenters. The van der Waals surface area contributed by atoms with Crippen LogP contribution in [0.3, 0.4) is 0 Å². The Labute approximate surface area is 119 Å². The predicted molar refractivity (Wildman–Crippen MR) is 79.0 cm³/mol. The third-order valence-electron chi connectivity index (χ3n) is 3.99. The molecule has 1 N–H and O–H groups in total. The fourth-order valence-electron chi connectivity index (χ4n) is 2.54. The molecule has 2 aliphatic rings. The Morgan fingerprint density at radius 1 is 1.42 bits per heavy atom. The van der Waals surface area contributed by atoms with E-state index in [1.54, 1.807) is 0 Å². The van der Waals surface area contributed by atoms with Crippen molar-refractivity contribution in [3.05, 3.63) is 10.6 Å². The number of piperidine rings is 1. The van der Waals surface area contributed by atoms with Gasteiger partial charge in [-0.2, -0.15) is 0 Å². The van der Waals surface area contributed by atoms with Crippen LogP contribution in [-0.4, -0.2) is 37.3 Å². The molecule has 106 valence electrons. The molecule has 4 nitrogen and oxygen atoms in total. The number of ether oxygens (including phenoxy) is 1. The lowest BCUT2D eigenvalue weighted by Crippen LogP contribution is -2.39. The highest BCUT2D eigenvalue weighted by Gasteiger charge is 2.24. The smallest absolute Gasteiger partial charge is 0.185 e. The van der Waals surface area contributed by atoms with E-state index in [0.717, 1.165) is 25.7 Å². The molecular formula is C14H23N3OS. The Hall–Kier alpha value is -0.650. The standard InChI is InChI=1S/C14H23N3OS/c1-10-13(8-15-11-5-6-11)19-14(16-10)17-7-3-4-12(9-17)18-2/h11-12,15H,3-9H2,1-2H3. The molecule has 1 unspecified atom stereocenters. The van der Waals surface area contributed by atoms with Crippen LogP contribution in [0.1, 0.15) is 36.3 Å². The first-order valence-corrected chi connectivity index (χ1v) is 8.05. The van der Waals surface area contributed by atoms with Crippen molar-refractivity contribution in [1.82, 2.24) is 10.3 Å². The van der Waals surface area contributed by atoms with Gasteiger partial charge in [-0.25, -0.2) is 4.98 Å². The predicted octanol–water partition coefficient (Wildman–Crippen LogP) is 2.32. The minimum Gasteiger partial charge on any atom is -0.380 e. The van der Waals surface area contributed by atoms with Gasteiger partial charge in [0.25, 0.3) is 0 Å². The summed E-state index contributed by atoms with van der Waals surface area (Å²) in [5.41, 5.74) is 1.19. The fraction of sp³-hybridized carbons (Fsp3) is 0.786. The number of aromatic nitrogens is 1. The number of nitrogens with zero attached hydrogens (tertiary/aromatic N) is 2. The molecule has 2 heterocycles. The minimum atomic E-state index is 0.367. The average Bonchev–Trinajstić information content (AvgIpc) is 3.19. The second kappa shape index (κ2) is 5.77. The van der Waals surface area contributed by atoms with Crippen LogP contribution in [0.15, 0.2) is 0 Å². The van der Waals surface area contributed by atoms with Gasteiger partial charge in [-0.3, -0.25) is 0 Å². The molecule has 3 rings (SSSR count). The number of rotatable bonds is 5. The van der Waals surface area contributed by atoms with Crippen LogP contribution < -0.4 is 10.2 Å². The molecule has 1 saturated heterocycles. The van der Waals surface area contributed by atoms with Crippen LogP contribution in [0.25, 0.3) is 0 Å². The lowest BCUT2D eigenvalue weighted by molar-refractivity contribution is 0.0893. The number of hydrogen-bond acceptors (Lipinski definition) is 5. The second-order valence-electron chi connectivity index (χ2n) is 5.61. The Morgan fingerprint density at radius 3 is 3.00 bits per heavy atom. The largest absolute Gasteiger partial charge is 0.380 e. The van der Waals surface area contributed by atoms with Crippen molar-refractivity contribution < 1.29 is 4.74 Å². The van der Waals surface area contributed by atoms with Gasteiger partial charge in [-0.15, -0.1) is 11.3 Å². The maximum atomic E-state index is 5.49. The van der Waals surface area contributed by atoms with Crippen molar-refractivity contribution >= 4 is 16.5 Å². The Kier molecular flexibility index (Phi) is 4.05. The normalized spacial score (nSPS) is 23.9. The zero-order valence-corrected chi connectivity index (χ0v) is 12.6. The van der Waals surface area contributed by atoms with E-state index < -0.39 is 0 Å². The molecule has 2 fully saturated rings. The Bertz CT molecular complexity index is 430. The van der Waals surface area contributed by atoms with Crippen molar-refractivity contribution in [2.24, 2.45) is 0 Å². The van der Waals surface area contributed by atoms with E-state index in [-0.39, 0.29) is 0 Å². The molecule has 1 aromatic rings. The SMILES string of the molecule is COC1CCCN(c2nc(C)c(CNC3CC3)s2)C1. The summed E-state index contributed by atoms with van der Waals surface area (Å²) < 4.78 is 5.49. The van der Waals surface area contributed by atoms with Crippen LogP contribution in [0, 0.1) is 6.92 Å². The summed E-state index contributed by atoms with van der Waals surface area (Å²) in [6.45, 7) is 5.21. The van der Waals surface area contributed by atoms with Crippen molar-refractivity contribution in [2.45, 2.75) is 51.3 Å². The fourth-order valence-corrected chi connectivity index (χ4v) is 3.59. The van der Waals surface area contributed by atoms with E-state index >= 15 is 0 Å². The first-order valence-electron chi connectivity index (χ1n) is 7.23. The third kappa shape index (κ3) is 3.27. The lowest BCUT2D eigenvalue weighted by atomic mass is 10.1. The summed E-state index contributed by atoms with van der Waals surface area (Å²) in [5.74, 6) is 0. The quantitative estimate of drug-likeness (QED) is 0.899. The summed E-state index contributed by atoms with van der Waals surface area (Å²) in [5, 5.41) is 4.75. The number of nitrogens with one attached hydrogen (secondary N) is 1. The van der Waals surface area contributed by atoms with E-state index in [2.05, 4.69) is 17.1 Å². The average molecular weight is 281 g/mol. The minimum absolute atomic E-state index is 0.367. The summed E-state index contributed by atoms with van der Waals surface area (Å²) in [6, 6.07) is 0.762. The molecule has 0 radical (unpaired) electrons. The number of hydrogen-bond donors (Lipinski definition) is 1. The van der Waals surface area contributed by atoms with E-state index in [0.29, 0.717) is 6.10 Å². The second-order valence-corrected chi connectivity index (χ2v) is 6.67. The highest BCUT2D eigenvalue weighted by Crippen LogP contribution is 2.29. The Balaban J connectivity index is 1.64. The molecule has 19 heavy (non-hydrogen) atoms. The third-order valence-corrected chi connectivity index (χ3v) is 5.21. The van der Waals surface area contributed by atoms with Gasteiger partial charge in [0.2, 0.25) is 0 Å². The molecule has 0 aromatic carbocycles. The van der Waals surface area contributed by atoms with Gasteiger partial charge in [0, 0.05) is 37.7 Å². The first kappa shape index (κ1) is 13.3. The van der Waals surface area contributed by atoms with Crippen molar-refractivity contribution in [3.8, 4) is 0 Å². The molecule has 0 spiro atoms. The highest BCUT2D eigenvalue weighted by molar-refractivity contribution is 7.15. The summed E-state index contributed by atoms with van der Waals surface area (Å²) in [7, 11) is 1.81. The van der Waals surface area contributed by atoms with Gasteiger partial charge in [-0.1, -0.05) is 0 Å². The molecule has 1 aliphatic heterocycles. The maximum absolute atomic E-state index is 5.49. The van der Waals surface area contributed by atoms with Gasteiger partial charge in [0.05, 0.1) is 11.8 Å². The van der Waals surface area contributed by atoms with Crippen molar-refractivity contribution in [1.29, 1.82) is 0 Å². The van der Waals surface area contributed by atoms with E-state index in [1.165, 1.54) is 41.4 Å². The van der Waals surface area contributed by atoms with Crippen LogP contribution in [-0.2, 0) is 11.3 Å². The molecule has 1 saturated carbocycles. The molecular weight excluding hydrogens is 258 g/mol. The summed E-state index contributed by atoms with van der Waals surface area (Å²) in [6.07, 6.45) is 5.42.